The normalized spacial score (nSPS) is 23.6. The van der Waals surface area contributed by atoms with E-state index in [-0.39, 0.29) is 18.6 Å². The number of nitrogens with zero attached hydrogens (tertiary/aromatic N) is 2. The molecule has 0 spiro atoms. The van der Waals surface area contributed by atoms with Crippen LogP contribution in [0.4, 0.5) is 0 Å². The maximum atomic E-state index is 13.6. The highest BCUT2D eigenvalue weighted by Crippen LogP contribution is 2.42. The largest absolute Gasteiger partial charge is 0.456 e. The minimum absolute atomic E-state index is 0.00674. The van der Waals surface area contributed by atoms with Crippen molar-refractivity contribution >= 4 is 29.7 Å². The van der Waals surface area contributed by atoms with Crippen LogP contribution in [0.15, 0.2) is 41.6 Å². The van der Waals surface area contributed by atoms with Gasteiger partial charge in [-0.1, -0.05) is 43.2 Å². The Bertz CT molecular complexity index is 1070. The van der Waals surface area contributed by atoms with Crippen LogP contribution in [0, 0.1) is 0 Å². The summed E-state index contributed by atoms with van der Waals surface area (Å²) in [5.74, 6) is -2.76. The van der Waals surface area contributed by atoms with E-state index < -0.39 is 48.9 Å². The smallest absolute Gasteiger partial charge is 0.303 e. The van der Waals surface area contributed by atoms with Crippen molar-refractivity contribution in [2.24, 2.45) is 0 Å². The summed E-state index contributed by atoms with van der Waals surface area (Å²) in [7, 11) is 0. The molecule has 0 unspecified atom stereocenters. The number of amides is 3. The monoisotopic (exact) mass is 483 g/mol. The number of imide groups is 1. The summed E-state index contributed by atoms with van der Waals surface area (Å²) >= 11 is 0. The Morgan fingerprint density at radius 2 is 1.57 bits per heavy atom. The molecular weight excluding hydrogens is 454 g/mol. The van der Waals surface area contributed by atoms with Crippen LogP contribution in [0.5, 0.6) is 0 Å². The van der Waals surface area contributed by atoms with E-state index in [9.17, 15) is 24.0 Å². The van der Waals surface area contributed by atoms with E-state index in [4.69, 9.17) is 9.47 Å². The number of fused-ring (bicyclic) bond motifs is 1. The molecule has 3 atom stereocenters. The lowest BCUT2D eigenvalue weighted by molar-refractivity contribution is -0.154. The average Bonchev–Trinajstić information content (AvgIpc) is 3.07. The van der Waals surface area contributed by atoms with Crippen LogP contribution in [-0.4, -0.2) is 71.3 Å². The van der Waals surface area contributed by atoms with Crippen molar-refractivity contribution in [3.05, 3.63) is 47.2 Å². The number of esters is 2. The van der Waals surface area contributed by atoms with E-state index >= 15 is 0 Å². The van der Waals surface area contributed by atoms with Crippen molar-refractivity contribution in [3.63, 3.8) is 0 Å². The van der Waals surface area contributed by atoms with Gasteiger partial charge in [-0.15, -0.1) is 0 Å². The van der Waals surface area contributed by atoms with Crippen molar-refractivity contribution in [2.75, 3.05) is 19.8 Å². The van der Waals surface area contributed by atoms with E-state index in [0.29, 0.717) is 16.8 Å². The van der Waals surface area contributed by atoms with E-state index in [0.717, 1.165) is 30.6 Å². The number of ether oxygens (including phenoxy) is 2. The summed E-state index contributed by atoms with van der Waals surface area (Å²) in [5, 5.41) is 3.46. The van der Waals surface area contributed by atoms with E-state index in [1.807, 2.05) is 30.3 Å². The molecule has 1 N–H and O–H groups in total. The highest BCUT2D eigenvalue weighted by molar-refractivity contribution is 6.09. The molecule has 35 heavy (non-hydrogen) atoms. The Hall–Kier alpha value is -3.69. The van der Waals surface area contributed by atoms with Gasteiger partial charge >= 0.3 is 11.9 Å². The number of carbonyl (C=O) groups excluding carboxylic acids is 5. The molecule has 2 heterocycles. The molecule has 10 heteroatoms. The molecule has 1 saturated carbocycles. The molecule has 0 bridgehead atoms. The third kappa shape index (κ3) is 5.06. The van der Waals surface area contributed by atoms with Gasteiger partial charge in [0.2, 0.25) is 0 Å². The lowest BCUT2D eigenvalue weighted by Crippen LogP contribution is -2.55. The van der Waals surface area contributed by atoms with Gasteiger partial charge in [0.1, 0.15) is 0 Å². The first-order valence-corrected chi connectivity index (χ1v) is 11.7. The molecule has 1 aromatic carbocycles. The first kappa shape index (κ1) is 24.4. The molecule has 4 rings (SSSR count). The minimum Gasteiger partial charge on any atom is -0.456 e. The van der Waals surface area contributed by atoms with Crippen LogP contribution in [0.2, 0.25) is 0 Å². The van der Waals surface area contributed by atoms with E-state index in [1.165, 1.54) is 13.8 Å². The highest BCUT2D eigenvalue weighted by atomic mass is 16.5. The van der Waals surface area contributed by atoms with Gasteiger partial charge in [0.15, 0.2) is 13.2 Å². The van der Waals surface area contributed by atoms with Crippen LogP contribution in [0.1, 0.15) is 51.1 Å². The van der Waals surface area contributed by atoms with E-state index in [1.54, 1.807) is 4.90 Å². The van der Waals surface area contributed by atoms with Crippen molar-refractivity contribution in [1.82, 2.24) is 15.1 Å². The van der Waals surface area contributed by atoms with Crippen molar-refractivity contribution in [2.45, 2.75) is 57.7 Å². The number of carbonyl (C=O) groups is 5. The zero-order valence-corrected chi connectivity index (χ0v) is 19.8. The summed E-state index contributed by atoms with van der Waals surface area (Å²) in [6.45, 7) is 1.46. The quantitative estimate of drug-likeness (QED) is 0.621. The molecular formula is C25H29N3O7. The third-order valence-corrected chi connectivity index (χ3v) is 6.62. The number of nitrogens with one attached hydrogen (secondary N) is 1. The predicted octanol–water partition coefficient (Wildman–Crippen LogP) is 1.22. The van der Waals surface area contributed by atoms with Gasteiger partial charge in [0, 0.05) is 25.6 Å². The molecule has 0 aromatic heterocycles. The zero-order valence-electron chi connectivity index (χ0n) is 19.8. The van der Waals surface area contributed by atoms with Gasteiger partial charge in [0.05, 0.1) is 24.2 Å². The maximum absolute atomic E-state index is 13.6. The van der Waals surface area contributed by atoms with Gasteiger partial charge in [-0.2, -0.15) is 0 Å². The second kappa shape index (κ2) is 10.3. The Labute approximate surface area is 203 Å². The number of hydrogen-bond acceptors (Lipinski definition) is 8. The fraction of sp³-hybridized carbons (Fsp3) is 0.480. The summed E-state index contributed by atoms with van der Waals surface area (Å²) in [4.78, 5) is 65.3. The Morgan fingerprint density at radius 3 is 2.23 bits per heavy atom. The Balaban J connectivity index is 1.77. The molecule has 1 fully saturated rings. The molecule has 0 saturated heterocycles. The second-order valence-corrected chi connectivity index (χ2v) is 8.95. The van der Waals surface area contributed by atoms with Gasteiger partial charge in [-0.25, -0.2) is 0 Å². The van der Waals surface area contributed by atoms with Crippen LogP contribution in [0.25, 0.3) is 0 Å². The standard InChI is InChI=1S/C25H29N3O7/c1-15(29)34-13-21(31)27-12-19-23(25(27)33)24(17-8-4-3-5-9-17)28(22(32)14-35-16(2)30)20-11-7-6-10-18(20)26-19/h3-5,8-9,18,20,24,26H,6-7,10-14H2,1-2H3/t18-,20-,24-/m1/s1. The average molecular weight is 484 g/mol. The van der Waals surface area contributed by atoms with Crippen molar-refractivity contribution in [1.29, 1.82) is 0 Å². The van der Waals surface area contributed by atoms with Crippen molar-refractivity contribution < 1.29 is 33.4 Å². The second-order valence-electron chi connectivity index (χ2n) is 8.95. The highest BCUT2D eigenvalue weighted by Gasteiger charge is 2.49. The van der Waals surface area contributed by atoms with Crippen LogP contribution in [0.3, 0.4) is 0 Å². The summed E-state index contributed by atoms with van der Waals surface area (Å²) in [6, 6.07) is 8.04. The van der Waals surface area contributed by atoms with Crippen molar-refractivity contribution in [3.8, 4) is 0 Å². The molecule has 10 nitrogen and oxygen atoms in total. The topological polar surface area (TPSA) is 122 Å². The molecule has 1 aliphatic carbocycles. The maximum Gasteiger partial charge on any atom is 0.303 e. The number of benzene rings is 1. The molecule has 1 aromatic rings. The Kier molecular flexibility index (Phi) is 7.18. The zero-order chi connectivity index (χ0) is 25.1. The van der Waals surface area contributed by atoms with Gasteiger partial charge in [-0.05, 0) is 18.4 Å². The van der Waals surface area contributed by atoms with Gasteiger partial charge in [0.25, 0.3) is 17.7 Å². The van der Waals surface area contributed by atoms with Gasteiger partial charge < -0.3 is 19.7 Å². The predicted molar refractivity (Wildman–Crippen MR) is 122 cm³/mol. The lowest BCUT2D eigenvalue weighted by atomic mass is 9.87. The van der Waals surface area contributed by atoms with Crippen LogP contribution in [-0.2, 0) is 33.4 Å². The van der Waals surface area contributed by atoms with Gasteiger partial charge in [-0.3, -0.25) is 28.9 Å². The molecule has 186 valence electrons. The summed E-state index contributed by atoms with van der Waals surface area (Å²) < 4.78 is 9.87. The first-order chi connectivity index (χ1) is 16.8. The summed E-state index contributed by atoms with van der Waals surface area (Å²) in [6.07, 6.45) is 3.40. The molecule has 0 radical (unpaired) electrons. The fourth-order valence-electron chi connectivity index (χ4n) is 5.13. The number of hydrogen-bond donors (Lipinski definition) is 1. The number of rotatable bonds is 5. The van der Waals surface area contributed by atoms with Crippen LogP contribution < -0.4 is 5.32 Å². The lowest BCUT2D eigenvalue weighted by Gasteiger charge is -2.42. The molecule has 2 aliphatic heterocycles. The third-order valence-electron chi connectivity index (χ3n) is 6.62. The SMILES string of the molecule is CC(=O)OCC(=O)N1CC2=C(C1=O)[C@@H](c1ccccc1)N(C(=O)COC(C)=O)[C@@H]1CCCC[C@H]1N2. The van der Waals surface area contributed by atoms with E-state index in [2.05, 4.69) is 5.32 Å². The molecule has 3 aliphatic rings. The summed E-state index contributed by atoms with van der Waals surface area (Å²) in [5.41, 5.74) is 1.60. The first-order valence-electron chi connectivity index (χ1n) is 11.7. The minimum atomic E-state index is -0.770. The Morgan fingerprint density at radius 1 is 0.943 bits per heavy atom. The molecule has 3 amide bonds. The fourth-order valence-corrected chi connectivity index (χ4v) is 5.13. The van der Waals surface area contributed by atoms with Crippen LogP contribution >= 0.6 is 0 Å².